The molecular weight excluding hydrogens is 536 g/mol. The maximum atomic E-state index is 13.3. The topological polar surface area (TPSA) is 99.3 Å². The molecule has 41 heavy (non-hydrogen) atoms. The van der Waals surface area contributed by atoms with Crippen molar-refractivity contribution in [3.63, 3.8) is 0 Å². The number of piperidine rings is 1. The molecule has 2 aliphatic heterocycles. The van der Waals surface area contributed by atoms with Gasteiger partial charge in [0, 0.05) is 42.1 Å². The van der Waals surface area contributed by atoms with E-state index in [0.29, 0.717) is 35.3 Å². The van der Waals surface area contributed by atoms with Crippen molar-refractivity contribution in [1.29, 1.82) is 0 Å². The van der Waals surface area contributed by atoms with Gasteiger partial charge in [-0.25, -0.2) is 4.98 Å². The van der Waals surface area contributed by atoms with Crippen molar-refractivity contribution < 1.29 is 9.59 Å². The van der Waals surface area contributed by atoms with Crippen LogP contribution in [-0.4, -0.2) is 39.8 Å². The first-order valence-electron chi connectivity index (χ1n) is 13.9. The minimum Gasteiger partial charge on any atom is -0.339 e. The van der Waals surface area contributed by atoms with Crippen LogP contribution in [0, 0.1) is 5.92 Å². The SMILES string of the molecule is O=C(C[C@@H]1CCCN(C(=O)c2ccccc2)C1)Nc1ccc2cc1CCc1cccc(c1)Nc1ncc(Cl)c(n1)N2. The van der Waals surface area contributed by atoms with E-state index in [2.05, 4.69) is 38.1 Å². The van der Waals surface area contributed by atoms with E-state index in [0.717, 1.165) is 60.4 Å². The lowest BCUT2D eigenvalue weighted by Crippen LogP contribution is -2.40. The van der Waals surface area contributed by atoms with Gasteiger partial charge in [-0.1, -0.05) is 41.9 Å². The Morgan fingerprint density at radius 3 is 2.71 bits per heavy atom. The Morgan fingerprint density at radius 1 is 0.976 bits per heavy atom. The number of aryl methyl sites for hydroxylation is 2. The standard InChI is InChI=1S/C32H31ClN6O2/c33-27-19-34-32-36-25-10-4-6-21(16-25)11-12-24-18-26(35-30(27)38-32)13-14-28(24)37-29(40)17-22-7-5-15-39(20-22)31(41)23-8-2-1-3-9-23/h1-4,6,8-10,13-14,16,18-19,22H,5,7,11-12,15,17,20H2,(H,37,40)(H2,34,35,36,38)/t22-/m0/s1. The molecule has 2 amide bonds. The quantitative estimate of drug-likeness (QED) is 0.257. The highest BCUT2D eigenvalue weighted by atomic mass is 35.5. The van der Waals surface area contributed by atoms with Gasteiger partial charge >= 0.3 is 0 Å². The summed E-state index contributed by atoms with van der Waals surface area (Å²) in [6, 6.07) is 23.3. The Kier molecular flexibility index (Phi) is 7.82. The molecule has 0 unspecified atom stereocenters. The van der Waals surface area contributed by atoms with Crippen LogP contribution >= 0.6 is 11.6 Å². The summed E-state index contributed by atoms with van der Waals surface area (Å²) in [5.41, 5.74) is 5.35. The molecule has 3 heterocycles. The molecule has 2 aliphatic rings. The molecule has 1 atom stereocenters. The zero-order chi connectivity index (χ0) is 28.2. The molecule has 4 aromatic rings. The highest BCUT2D eigenvalue weighted by Gasteiger charge is 2.26. The highest BCUT2D eigenvalue weighted by Crippen LogP contribution is 2.30. The van der Waals surface area contributed by atoms with E-state index >= 15 is 0 Å². The number of hydrogen-bond donors (Lipinski definition) is 3. The van der Waals surface area contributed by atoms with Gasteiger partial charge in [0.25, 0.3) is 5.91 Å². The number of carbonyl (C=O) groups excluding carboxylic acids is 2. The average Bonchev–Trinajstić information content (AvgIpc) is 2.99. The lowest BCUT2D eigenvalue weighted by molar-refractivity contribution is -0.117. The maximum Gasteiger partial charge on any atom is 0.253 e. The Labute approximate surface area is 244 Å². The molecule has 0 saturated carbocycles. The van der Waals surface area contributed by atoms with Gasteiger partial charge in [0.15, 0.2) is 5.82 Å². The Hall–Kier alpha value is -4.43. The minimum atomic E-state index is -0.0430. The van der Waals surface area contributed by atoms with Crippen LogP contribution in [0.3, 0.4) is 0 Å². The van der Waals surface area contributed by atoms with E-state index in [1.54, 1.807) is 6.20 Å². The zero-order valence-corrected chi connectivity index (χ0v) is 23.3. The second-order valence-corrected chi connectivity index (χ2v) is 11.0. The van der Waals surface area contributed by atoms with Gasteiger partial charge in [-0.3, -0.25) is 9.59 Å². The van der Waals surface area contributed by atoms with E-state index in [-0.39, 0.29) is 17.7 Å². The predicted octanol–water partition coefficient (Wildman–Crippen LogP) is 6.60. The van der Waals surface area contributed by atoms with Gasteiger partial charge in [0.1, 0.15) is 5.02 Å². The molecule has 1 fully saturated rings. The number of anilines is 5. The molecule has 1 saturated heterocycles. The third kappa shape index (κ3) is 6.49. The number of carbonyl (C=O) groups is 2. The predicted molar refractivity (Wildman–Crippen MR) is 162 cm³/mol. The maximum absolute atomic E-state index is 13.3. The monoisotopic (exact) mass is 566 g/mol. The second-order valence-electron chi connectivity index (χ2n) is 10.6. The van der Waals surface area contributed by atoms with Crippen LogP contribution in [0.4, 0.5) is 28.8 Å². The molecule has 9 heteroatoms. The number of amides is 2. The first kappa shape index (κ1) is 26.8. The molecule has 0 radical (unpaired) electrons. The van der Waals surface area contributed by atoms with Crippen molar-refractivity contribution in [1.82, 2.24) is 14.9 Å². The third-order valence-corrected chi connectivity index (χ3v) is 7.83. The van der Waals surface area contributed by atoms with Crippen molar-refractivity contribution in [2.45, 2.75) is 32.1 Å². The summed E-state index contributed by atoms with van der Waals surface area (Å²) in [7, 11) is 0. The van der Waals surface area contributed by atoms with Gasteiger partial charge < -0.3 is 20.9 Å². The number of fused-ring (bicyclic) bond motifs is 6. The fraction of sp³-hybridized carbons (Fsp3) is 0.250. The number of nitrogens with zero attached hydrogens (tertiary/aromatic N) is 3. The molecule has 1 aromatic heterocycles. The number of rotatable bonds is 4. The fourth-order valence-corrected chi connectivity index (χ4v) is 5.65. The molecule has 0 aliphatic carbocycles. The van der Waals surface area contributed by atoms with Crippen molar-refractivity contribution in [3.8, 4) is 0 Å². The highest BCUT2D eigenvalue weighted by molar-refractivity contribution is 6.32. The molecule has 208 valence electrons. The lowest BCUT2D eigenvalue weighted by Gasteiger charge is -2.32. The third-order valence-electron chi connectivity index (χ3n) is 7.55. The zero-order valence-electron chi connectivity index (χ0n) is 22.6. The molecule has 3 N–H and O–H groups in total. The first-order valence-corrected chi connectivity index (χ1v) is 14.3. The molecular formula is C32H31ClN6O2. The first-order chi connectivity index (χ1) is 20.0. The number of benzene rings is 3. The van der Waals surface area contributed by atoms with Crippen LogP contribution in [0.25, 0.3) is 0 Å². The summed E-state index contributed by atoms with van der Waals surface area (Å²) >= 11 is 6.39. The Bertz CT molecular complexity index is 1580. The van der Waals surface area contributed by atoms with Crippen molar-refractivity contribution >= 4 is 52.2 Å². The van der Waals surface area contributed by atoms with E-state index in [9.17, 15) is 9.59 Å². The summed E-state index contributed by atoms with van der Waals surface area (Å²) < 4.78 is 0. The molecule has 3 aromatic carbocycles. The van der Waals surface area contributed by atoms with Crippen molar-refractivity contribution in [2.24, 2.45) is 5.92 Å². The lowest BCUT2D eigenvalue weighted by atomic mass is 9.93. The summed E-state index contributed by atoms with van der Waals surface area (Å²) in [5, 5.41) is 10.1. The number of halogens is 1. The average molecular weight is 567 g/mol. The van der Waals surface area contributed by atoms with Crippen LogP contribution in [0.2, 0.25) is 5.02 Å². The van der Waals surface area contributed by atoms with Crippen molar-refractivity contribution in [3.05, 3.63) is 101 Å². The van der Waals surface area contributed by atoms with Gasteiger partial charge in [-0.15, -0.1) is 0 Å². The Morgan fingerprint density at radius 2 is 1.83 bits per heavy atom. The molecule has 6 bridgehead atoms. The van der Waals surface area contributed by atoms with Crippen LogP contribution in [0.15, 0.2) is 79.0 Å². The molecule has 0 spiro atoms. The van der Waals surface area contributed by atoms with Gasteiger partial charge in [0.05, 0.1) is 6.20 Å². The van der Waals surface area contributed by atoms with E-state index < -0.39 is 0 Å². The minimum absolute atomic E-state index is 0.0280. The van der Waals surface area contributed by atoms with Gasteiger partial charge in [0.2, 0.25) is 11.9 Å². The summed E-state index contributed by atoms with van der Waals surface area (Å²) in [6.45, 7) is 1.31. The number of likely N-dealkylation sites (tertiary alicyclic amines) is 1. The largest absolute Gasteiger partial charge is 0.339 e. The van der Waals surface area contributed by atoms with Crippen molar-refractivity contribution in [2.75, 3.05) is 29.0 Å². The van der Waals surface area contributed by atoms with E-state index in [4.69, 9.17) is 11.6 Å². The Balaban J connectivity index is 1.18. The van der Waals surface area contributed by atoms with Gasteiger partial charge in [-0.2, -0.15) is 4.98 Å². The normalized spacial score (nSPS) is 16.2. The molecule has 8 nitrogen and oxygen atoms in total. The van der Waals surface area contributed by atoms with Crippen LogP contribution in [0.5, 0.6) is 0 Å². The molecule has 6 rings (SSSR count). The summed E-state index contributed by atoms with van der Waals surface area (Å²) in [6.07, 6.45) is 5.27. The summed E-state index contributed by atoms with van der Waals surface area (Å²) in [5.74, 6) is 1.05. The fourth-order valence-electron chi connectivity index (χ4n) is 5.51. The summed E-state index contributed by atoms with van der Waals surface area (Å²) in [4.78, 5) is 37.0. The van der Waals surface area contributed by atoms with Crippen LogP contribution in [-0.2, 0) is 17.6 Å². The van der Waals surface area contributed by atoms with Gasteiger partial charge in [-0.05, 0) is 85.2 Å². The van der Waals surface area contributed by atoms with Crippen LogP contribution in [0.1, 0.15) is 40.7 Å². The smallest absolute Gasteiger partial charge is 0.253 e. The van der Waals surface area contributed by atoms with E-state index in [1.807, 2.05) is 65.6 Å². The van der Waals surface area contributed by atoms with Crippen LogP contribution < -0.4 is 16.0 Å². The number of aromatic nitrogens is 2. The number of nitrogens with one attached hydrogen (secondary N) is 3. The second kappa shape index (κ2) is 12.0. The van der Waals surface area contributed by atoms with E-state index in [1.165, 1.54) is 0 Å². The number of hydrogen-bond acceptors (Lipinski definition) is 6.